The first-order valence-electron chi connectivity index (χ1n) is 31.0. The van der Waals surface area contributed by atoms with Crippen LogP contribution in [0, 0.1) is 23.7 Å². The maximum absolute atomic E-state index is 14.9. The van der Waals surface area contributed by atoms with E-state index in [2.05, 4.69) is 21.3 Å². The lowest BCUT2D eigenvalue weighted by molar-refractivity contribution is -0.149. The molecule has 2 aliphatic carbocycles. The minimum atomic E-state index is -4.74. The van der Waals surface area contributed by atoms with E-state index in [1.54, 1.807) is 27.7 Å². The zero-order chi connectivity index (χ0) is 65.9. The van der Waals surface area contributed by atoms with E-state index in [-0.39, 0.29) is 69.7 Å². The Morgan fingerprint density at radius 1 is 0.670 bits per heavy atom. The van der Waals surface area contributed by atoms with Gasteiger partial charge in [-0.3, -0.25) is 52.7 Å². The molecule has 2 saturated carbocycles. The number of aryl methyl sites for hydroxylation is 1. The highest BCUT2D eigenvalue weighted by atomic mass is 35.5. The largest absolute Gasteiger partial charge is 0.417 e. The zero-order valence-electron chi connectivity index (χ0n) is 53.7. The van der Waals surface area contributed by atoms with Crippen LogP contribution in [0.4, 0.5) is 13.2 Å². The van der Waals surface area contributed by atoms with Gasteiger partial charge in [0.2, 0.25) is 65.0 Å². The van der Waals surface area contributed by atoms with E-state index >= 15 is 0 Å². The number of fused-ring (bicyclic) bond motifs is 1. The van der Waals surface area contributed by atoms with Crippen molar-refractivity contribution in [3.8, 4) is 0 Å². The molecule has 2 aliphatic heterocycles. The number of amides is 11. The van der Waals surface area contributed by atoms with Crippen molar-refractivity contribution in [2.75, 3.05) is 68.5 Å². The second kappa shape index (κ2) is 31.3. The first-order chi connectivity index (χ1) is 41.1. The molecule has 2 saturated heterocycles. The van der Waals surface area contributed by atoms with Gasteiger partial charge in [0.25, 0.3) is 0 Å². The fourth-order valence-electron chi connectivity index (χ4n) is 12.2. The molecule has 11 amide bonds. The Morgan fingerprint density at radius 2 is 1.28 bits per heavy atom. The number of alkyl halides is 3. The molecule has 4 N–H and O–H groups in total. The molecule has 1 aromatic rings. The lowest BCUT2D eigenvalue weighted by Gasteiger charge is -2.36. The predicted molar refractivity (Wildman–Crippen MR) is 323 cm³/mol. The summed E-state index contributed by atoms with van der Waals surface area (Å²) in [6.45, 7) is 10.9. The summed E-state index contributed by atoms with van der Waals surface area (Å²) in [5, 5.41) is 10.8. The normalized spacial score (nSPS) is 26.4. The van der Waals surface area contributed by atoms with Gasteiger partial charge in [-0.1, -0.05) is 97.7 Å². The summed E-state index contributed by atoms with van der Waals surface area (Å²) in [6, 6.07) is -4.57. The fourth-order valence-corrected chi connectivity index (χ4v) is 12.5. The van der Waals surface area contributed by atoms with Gasteiger partial charge < -0.3 is 55.6 Å². The molecule has 0 radical (unpaired) electrons. The molecule has 492 valence electrons. The van der Waals surface area contributed by atoms with Crippen LogP contribution in [-0.2, 0) is 65.3 Å². The predicted octanol–water partition coefficient (Wildman–Crippen LogP) is 4.38. The van der Waals surface area contributed by atoms with Crippen molar-refractivity contribution in [2.24, 2.45) is 23.7 Å². The smallest absolute Gasteiger partial charge is 0.351 e. The van der Waals surface area contributed by atoms with Crippen molar-refractivity contribution in [1.29, 1.82) is 0 Å². The van der Waals surface area contributed by atoms with Crippen LogP contribution in [0.15, 0.2) is 18.2 Å². The molecule has 1 unspecified atom stereocenters. The number of nitrogens with zero attached hydrogens (tertiary/aromatic N) is 7. The highest BCUT2D eigenvalue weighted by molar-refractivity contribution is 6.31. The van der Waals surface area contributed by atoms with Gasteiger partial charge in [-0.25, -0.2) is 0 Å². The van der Waals surface area contributed by atoms with Gasteiger partial charge in [0.1, 0.15) is 41.8 Å². The molecular weight excluding hydrogens is 1170 g/mol. The summed E-state index contributed by atoms with van der Waals surface area (Å²) < 4.78 is 41.1. The molecule has 8 atom stereocenters. The summed E-state index contributed by atoms with van der Waals surface area (Å²) in [7, 11) is 8.50. The van der Waals surface area contributed by atoms with Gasteiger partial charge >= 0.3 is 6.18 Å². The van der Waals surface area contributed by atoms with Gasteiger partial charge in [-0.15, -0.1) is 0 Å². The molecular formula is C62H95ClF3N11O11. The average molecular weight is 1260 g/mol. The minimum absolute atomic E-state index is 0.0350. The Hall–Kier alpha value is -6.53. The van der Waals surface area contributed by atoms with E-state index in [1.165, 1.54) is 68.0 Å². The third-order valence-corrected chi connectivity index (χ3v) is 18.2. The summed E-state index contributed by atoms with van der Waals surface area (Å²) in [5.41, 5.74) is -2.20. The third kappa shape index (κ3) is 18.8. The fraction of sp³-hybridized carbons (Fsp3) is 0.726. The van der Waals surface area contributed by atoms with Crippen LogP contribution >= 0.6 is 11.6 Å². The quantitative estimate of drug-likeness (QED) is 0.256. The molecule has 26 heteroatoms. The maximum Gasteiger partial charge on any atom is 0.417 e. The molecule has 2 heterocycles. The Balaban J connectivity index is 1.51. The zero-order valence-corrected chi connectivity index (χ0v) is 54.4. The van der Waals surface area contributed by atoms with Crippen LogP contribution < -0.4 is 21.3 Å². The Kier molecular flexibility index (Phi) is 25.7. The van der Waals surface area contributed by atoms with E-state index < -0.39 is 161 Å². The van der Waals surface area contributed by atoms with Crippen LogP contribution in [0.1, 0.15) is 149 Å². The number of nitrogens with one attached hydrogen (secondary N) is 4. The van der Waals surface area contributed by atoms with E-state index in [4.69, 9.17) is 11.6 Å². The molecule has 88 heavy (non-hydrogen) atoms. The standard InChI is InChI=1S/C62H95ClF3N11O11/c1-14-38(6)52-59(87)73(10)34-50(80)71(8)35-51(81)75(12)47(32-40-19-16-15-17-20-40)58(86)72(9)33-48(78)68-44(25-23-41-22-24-42(43(63)31-41)62(64,65)66)57(85)77-28-18-21-45(77)55(83)70-61(26-27-61)60(88)76(13)53(37(4)5)56(84)67-39(7)30-49(79)74(11)46(29-36(2)3)54(82)69-52/h22,24,31,36-40,44-47,52-53H,14-21,23,25-30,32-35H2,1-13H3,(H,67,84)(H,68,78)(H,69,82)(H,70,83)/t38-,39+,44-,45?,46-,47-,52-,53-/m0/s1. The summed E-state index contributed by atoms with van der Waals surface area (Å²) in [6.07, 6.45) is 0.967. The van der Waals surface area contributed by atoms with Crippen LogP contribution in [0.2, 0.25) is 5.02 Å². The topological polar surface area (TPSA) is 259 Å². The van der Waals surface area contributed by atoms with Crippen molar-refractivity contribution in [3.05, 3.63) is 34.3 Å². The number of halogens is 4. The average Bonchev–Trinajstić information content (AvgIpc) is 3.21. The molecule has 4 fully saturated rings. The second-order valence-electron chi connectivity index (χ2n) is 25.9. The molecule has 0 bridgehead atoms. The van der Waals surface area contributed by atoms with Crippen molar-refractivity contribution in [1.82, 2.24) is 55.6 Å². The van der Waals surface area contributed by atoms with E-state index in [9.17, 15) is 65.9 Å². The van der Waals surface area contributed by atoms with Gasteiger partial charge in [0, 0.05) is 61.3 Å². The minimum Gasteiger partial charge on any atom is -0.351 e. The monoisotopic (exact) mass is 1260 g/mol. The summed E-state index contributed by atoms with van der Waals surface area (Å²) in [4.78, 5) is 166. The van der Waals surface area contributed by atoms with Crippen molar-refractivity contribution in [2.45, 2.75) is 199 Å². The number of hydrogen-bond donors (Lipinski definition) is 4. The number of benzene rings is 1. The van der Waals surface area contributed by atoms with Crippen LogP contribution in [0.5, 0.6) is 0 Å². The lowest BCUT2D eigenvalue weighted by Crippen LogP contribution is -2.60. The van der Waals surface area contributed by atoms with Gasteiger partial charge in [0.15, 0.2) is 0 Å². The number of carbonyl (C=O) groups is 11. The van der Waals surface area contributed by atoms with Crippen LogP contribution in [0.3, 0.4) is 0 Å². The van der Waals surface area contributed by atoms with E-state index in [0.29, 0.717) is 18.4 Å². The third-order valence-electron chi connectivity index (χ3n) is 17.9. The van der Waals surface area contributed by atoms with Gasteiger partial charge in [0.05, 0.1) is 30.2 Å². The van der Waals surface area contributed by atoms with Crippen molar-refractivity contribution in [3.63, 3.8) is 0 Å². The number of likely N-dealkylation sites (N-methyl/N-ethyl adjacent to an activating group) is 6. The Morgan fingerprint density at radius 3 is 1.86 bits per heavy atom. The lowest BCUT2D eigenvalue weighted by atomic mass is 9.84. The van der Waals surface area contributed by atoms with E-state index in [0.717, 1.165) is 58.9 Å². The molecule has 1 aromatic carbocycles. The van der Waals surface area contributed by atoms with Crippen molar-refractivity contribution < 1.29 is 65.9 Å². The molecule has 0 aromatic heterocycles. The number of hydrogen-bond acceptors (Lipinski definition) is 11. The first-order valence-corrected chi connectivity index (χ1v) is 31.4. The highest BCUT2D eigenvalue weighted by Gasteiger charge is 2.55. The SMILES string of the molecule is CC[C@H](C)[C@@H]1NC(=O)[C@H](CC(C)C)N(C)C(=O)C[C@@H](C)NC(=O)[C@H](C(C)C)N(C)C(=O)C2(CC2)NC(=O)C2CCCN2C(=O)[C@H](CCc2ccc(C(F)(F)F)c(Cl)c2)NC(=O)CN(C)C(=O)[C@H](CC2CCCCC2)N(C)C(=O)CN(C)C(=O)CN(C)C1=O. The van der Waals surface area contributed by atoms with Gasteiger partial charge in [-0.05, 0) is 99.7 Å². The molecule has 4 aliphatic rings. The van der Waals surface area contributed by atoms with E-state index in [1.807, 2.05) is 20.8 Å². The first kappa shape index (κ1) is 72.2. The summed E-state index contributed by atoms with van der Waals surface area (Å²) >= 11 is 6.09. The number of carbonyl (C=O) groups excluding carboxylic acids is 11. The molecule has 22 nitrogen and oxygen atoms in total. The number of rotatable bonds is 10. The second-order valence-corrected chi connectivity index (χ2v) is 26.3. The van der Waals surface area contributed by atoms with Crippen LogP contribution in [-0.4, -0.2) is 216 Å². The summed E-state index contributed by atoms with van der Waals surface area (Å²) in [5.74, 6) is -7.85. The molecule has 1 spiro atoms. The van der Waals surface area contributed by atoms with Crippen molar-refractivity contribution >= 4 is 76.6 Å². The van der Waals surface area contributed by atoms with Crippen LogP contribution in [0.25, 0.3) is 0 Å². The molecule has 5 rings (SSSR count). The maximum atomic E-state index is 14.9. The Bertz CT molecular complexity index is 2720. The van der Waals surface area contributed by atoms with Gasteiger partial charge in [-0.2, -0.15) is 13.2 Å². The Labute approximate surface area is 521 Å². The highest BCUT2D eigenvalue weighted by Crippen LogP contribution is 2.39.